The molecule has 8 heteroatoms. The summed E-state index contributed by atoms with van der Waals surface area (Å²) < 4.78 is 5.56. The first-order chi connectivity index (χ1) is 11.2. The number of amides is 1. The molecule has 2 aromatic heterocycles. The maximum atomic E-state index is 12.0. The standard InChI is InChI=1S/C15H20N4O2S2/c1-2-19-7-5-11(6-8-19)16-13(20)10-23-15-18-17-14(21-15)12-4-3-9-22-12/h3-4,9,11H,2,5-8,10H2,1H3,(H,16,20). The van der Waals surface area contributed by atoms with Crippen molar-refractivity contribution in [2.24, 2.45) is 0 Å². The molecule has 3 heterocycles. The summed E-state index contributed by atoms with van der Waals surface area (Å²) in [6, 6.07) is 4.16. The number of carbonyl (C=O) groups is 1. The second kappa shape index (κ2) is 7.94. The van der Waals surface area contributed by atoms with Crippen molar-refractivity contribution >= 4 is 29.0 Å². The van der Waals surface area contributed by atoms with Crippen molar-refractivity contribution < 1.29 is 9.21 Å². The predicted molar refractivity (Wildman–Crippen MR) is 91.6 cm³/mol. The summed E-state index contributed by atoms with van der Waals surface area (Å²) in [7, 11) is 0. The maximum Gasteiger partial charge on any atom is 0.277 e. The predicted octanol–water partition coefficient (Wildman–Crippen LogP) is 2.49. The number of thiophene rings is 1. The number of thioether (sulfide) groups is 1. The van der Waals surface area contributed by atoms with E-state index >= 15 is 0 Å². The fraction of sp³-hybridized carbons (Fsp3) is 0.533. The minimum Gasteiger partial charge on any atom is -0.410 e. The Morgan fingerprint density at radius 3 is 3.00 bits per heavy atom. The van der Waals surface area contributed by atoms with E-state index in [1.54, 1.807) is 11.3 Å². The van der Waals surface area contributed by atoms with Crippen LogP contribution in [-0.4, -0.2) is 52.4 Å². The second-order valence-electron chi connectivity index (χ2n) is 5.42. The molecule has 23 heavy (non-hydrogen) atoms. The van der Waals surface area contributed by atoms with Gasteiger partial charge < -0.3 is 14.6 Å². The maximum absolute atomic E-state index is 12.0. The Labute approximate surface area is 143 Å². The van der Waals surface area contributed by atoms with Gasteiger partial charge in [0.25, 0.3) is 11.1 Å². The Hall–Kier alpha value is -1.38. The number of nitrogens with zero attached hydrogens (tertiary/aromatic N) is 3. The average molecular weight is 352 g/mol. The van der Waals surface area contributed by atoms with Gasteiger partial charge in [0, 0.05) is 19.1 Å². The van der Waals surface area contributed by atoms with Crippen LogP contribution in [-0.2, 0) is 4.79 Å². The zero-order valence-electron chi connectivity index (χ0n) is 13.0. The van der Waals surface area contributed by atoms with Gasteiger partial charge in [0.1, 0.15) is 0 Å². The van der Waals surface area contributed by atoms with Crippen molar-refractivity contribution in [3.8, 4) is 10.8 Å². The normalized spacial score (nSPS) is 16.6. The van der Waals surface area contributed by atoms with Gasteiger partial charge >= 0.3 is 0 Å². The number of hydrogen-bond acceptors (Lipinski definition) is 7. The lowest BCUT2D eigenvalue weighted by atomic mass is 10.1. The molecule has 0 radical (unpaired) electrons. The molecule has 1 amide bonds. The molecule has 124 valence electrons. The zero-order valence-corrected chi connectivity index (χ0v) is 14.7. The lowest BCUT2D eigenvalue weighted by Gasteiger charge is -2.31. The summed E-state index contributed by atoms with van der Waals surface area (Å²) in [4.78, 5) is 15.4. The van der Waals surface area contributed by atoms with Gasteiger partial charge in [-0.1, -0.05) is 24.8 Å². The van der Waals surface area contributed by atoms with Crippen LogP contribution < -0.4 is 5.32 Å². The highest BCUT2D eigenvalue weighted by molar-refractivity contribution is 7.99. The number of nitrogens with one attached hydrogen (secondary N) is 1. The summed E-state index contributed by atoms with van der Waals surface area (Å²) in [6.45, 7) is 5.37. The molecular weight excluding hydrogens is 332 g/mol. The Bertz CT molecular complexity index is 621. The average Bonchev–Trinajstić information content (AvgIpc) is 3.25. The van der Waals surface area contributed by atoms with Gasteiger partial charge in [-0.05, 0) is 30.8 Å². The fourth-order valence-electron chi connectivity index (χ4n) is 2.56. The largest absolute Gasteiger partial charge is 0.410 e. The fourth-order valence-corrected chi connectivity index (χ4v) is 3.78. The molecule has 0 atom stereocenters. The lowest BCUT2D eigenvalue weighted by molar-refractivity contribution is -0.119. The first kappa shape index (κ1) is 16.5. The minimum absolute atomic E-state index is 0.0285. The highest BCUT2D eigenvalue weighted by Crippen LogP contribution is 2.26. The number of hydrogen-bond donors (Lipinski definition) is 1. The molecule has 1 aliphatic rings. The van der Waals surface area contributed by atoms with Gasteiger partial charge in [-0.25, -0.2) is 0 Å². The van der Waals surface area contributed by atoms with Crippen LogP contribution >= 0.6 is 23.1 Å². The van der Waals surface area contributed by atoms with Gasteiger partial charge in [0.05, 0.1) is 10.6 Å². The van der Waals surface area contributed by atoms with Crippen LogP contribution in [0, 0.1) is 0 Å². The summed E-state index contributed by atoms with van der Waals surface area (Å²) in [5.41, 5.74) is 0. The molecular formula is C15H20N4O2S2. The third-order valence-electron chi connectivity index (χ3n) is 3.87. The topological polar surface area (TPSA) is 71.3 Å². The molecule has 0 bridgehead atoms. The summed E-state index contributed by atoms with van der Waals surface area (Å²) >= 11 is 2.83. The number of likely N-dealkylation sites (tertiary alicyclic amines) is 1. The van der Waals surface area contributed by atoms with Crippen molar-refractivity contribution in [3.05, 3.63) is 17.5 Å². The van der Waals surface area contributed by atoms with Gasteiger partial charge in [-0.3, -0.25) is 4.79 Å². The smallest absolute Gasteiger partial charge is 0.277 e. The molecule has 1 aliphatic heterocycles. The number of rotatable bonds is 6. The SMILES string of the molecule is CCN1CCC(NC(=O)CSc2nnc(-c3cccs3)o2)CC1. The molecule has 1 saturated heterocycles. The number of carbonyl (C=O) groups excluding carboxylic acids is 1. The van der Waals surface area contributed by atoms with Gasteiger partial charge in [-0.2, -0.15) is 0 Å². The molecule has 1 N–H and O–H groups in total. The van der Waals surface area contributed by atoms with Crippen LogP contribution in [0.5, 0.6) is 0 Å². The van der Waals surface area contributed by atoms with E-state index in [0.717, 1.165) is 37.4 Å². The van der Waals surface area contributed by atoms with E-state index in [2.05, 4.69) is 27.3 Å². The second-order valence-corrected chi connectivity index (χ2v) is 7.29. The molecule has 6 nitrogen and oxygen atoms in total. The summed E-state index contributed by atoms with van der Waals surface area (Å²) in [5, 5.41) is 13.5. The highest BCUT2D eigenvalue weighted by atomic mass is 32.2. The Morgan fingerprint density at radius 1 is 1.48 bits per heavy atom. The van der Waals surface area contributed by atoms with Crippen LogP contribution in [0.4, 0.5) is 0 Å². The van der Waals surface area contributed by atoms with E-state index in [0.29, 0.717) is 16.9 Å². The molecule has 0 spiro atoms. The Kier molecular flexibility index (Phi) is 5.69. The summed E-state index contributed by atoms with van der Waals surface area (Å²) in [5.74, 6) is 0.843. The third kappa shape index (κ3) is 4.55. The van der Waals surface area contributed by atoms with E-state index in [-0.39, 0.29) is 11.9 Å². The van der Waals surface area contributed by atoms with Crippen molar-refractivity contribution in [1.29, 1.82) is 0 Å². The monoisotopic (exact) mass is 352 g/mol. The van der Waals surface area contributed by atoms with Crippen LogP contribution in [0.25, 0.3) is 10.8 Å². The Balaban J connectivity index is 1.43. The van der Waals surface area contributed by atoms with E-state index < -0.39 is 0 Å². The van der Waals surface area contributed by atoms with Crippen LogP contribution in [0.15, 0.2) is 27.2 Å². The molecule has 0 aliphatic carbocycles. The van der Waals surface area contributed by atoms with Gasteiger partial charge in [0.15, 0.2) is 0 Å². The van der Waals surface area contributed by atoms with Crippen molar-refractivity contribution in [2.75, 3.05) is 25.4 Å². The van der Waals surface area contributed by atoms with E-state index in [4.69, 9.17) is 4.42 Å². The van der Waals surface area contributed by atoms with Gasteiger partial charge in [0.2, 0.25) is 5.91 Å². The van der Waals surface area contributed by atoms with Crippen LogP contribution in [0.1, 0.15) is 19.8 Å². The van der Waals surface area contributed by atoms with Crippen molar-refractivity contribution in [2.45, 2.75) is 31.0 Å². The van der Waals surface area contributed by atoms with Crippen molar-refractivity contribution in [3.63, 3.8) is 0 Å². The molecule has 1 fully saturated rings. The zero-order chi connectivity index (χ0) is 16.1. The van der Waals surface area contributed by atoms with Crippen molar-refractivity contribution in [1.82, 2.24) is 20.4 Å². The summed E-state index contributed by atoms with van der Waals surface area (Å²) in [6.07, 6.45) is 2.04. The first-order valence-electron chi connectivity index (χ1n) is 7.76. The third-order valence-corrected chi connectivity index (χ3v) is 5.54. The van der Waals surface area contributed by atoms with E-state index in [1.165, 1.54) is 11.8 Å². The minimum atomic E-state index is 0.0285. The van der Waals surface area contributed by atoms with Gasteiger partial charge in [-0.15, -0.1) is 21.5 Å². The number of aromatic nitrogens is 2. The molecule has 0 saturated carbocycles. The van der Waals surface area contributed by atoms with Crippen LogP contribution in [0.3, 0.4) is 0 Å². The highest BCUT2D eigenvalue weighted by Gasteiger charge is 2.20. The lowest BCUT2D eigenvalue weighted by Crippen LogP contribution is -2.45. The molecule has 2 aromatic rings. The van der Waals surface area contributed by atoms with E-state index in [1.807, 2.05) is 17.5 Å². The first-order valence-corrected chi connectivity index (χ1v) is 9.63. The molecule has 0 aromatic carbocycles. The Morgan fingerprint density at radius 2 is 2.30 bits per heavy atom. The molecule has 0 unspecified atom stereocenters. The molecule has 3 rings (SSSR count). The van der Waals surface area contributed by atoms with Crippen LogP contribution in [0.2, 0.25) is 0 Å². The number of piperidine rings is 1. The quantitative estimate of drug-likeness (QED) is 0.806. The van der Waals surface area contributed by atoms with E-state index in [9.17, 15) is 4.79 Å².